The van der Waals surface area contributed by atoms with E-state index in [4.69, 9.17) is 23.2 Å². The molecule has 0 bridgehead atoms. The van der Waals surface area contributed by atoms with Crippen LogP contribution >= 0.6 is 48.0 Å². The number of hydrogen-bond donors (Lipinski definition) is 2. The lowest BCUT2D eigenvalue weighted by Gasteiger charge is -2.27. The molecule has 0 saturated carbocycles. The van der Waals surface area contributed by atoms with Crippen molar-refractivity contribution in [2.45, 2.75) is 12.2 Å². The molecule has 0 aromatic heterocycles. The highest BCUT2D eigenvalue weighted by molar-refractivity contribution is 7.88. The van der Waals surface area contributed by atoms with Crippen molar-refractivity contribution < 1.29 is 8.42 Å². The van der Waals surface area contributed by atoms with Crippen LogP contribution in [0.4, 0.5) is 0 Å². The third-order valence-electron chi connectivity index (χ3n) is 3.52. The molecule has 2 N–H and O–H groups in total. The van der Waals surface area contributed by atoms with Crippen molar-refractivity contribution in [3.8, 4) is 0 Å². The summed E-state index contributed by atoms with van der Waals surface area (Å²) in [6, 6.07) is 4.87. The molecule has 24 heavy (non-hydrogen) atoms. The van der Waals surface area contributed by atoms with Crippen LogP contribution in [0.1, 0.15) is 12.0 Å². The van der Waals surface area contributed by atoms with Crippen LogP contribution in [0.25, 0.3) is 0 Å². The number of benzene rings is 1. The monoisotopic (exact) mass is 437 g/mol. The maximum atomic E-state index is 12.0. The summed E-state index contributed by atoms with van der Waals surface area (Å²) in [5.74, 6) is -0.0858. The van der Waals surface area contributed by atoms with Crippen molar-refractivity contribution in [1.82, 2.24) is 14.9 Å². The van der Waals surface area contributed by atoms with Crippen LogP contribution in [0.2, 0.25) is 10.0 Å². The van der Waals surface area contributed by atoms with Gasteiger partial charge in [-0.3, -0.25) is 0 Å². The third kappa shape index (κ3) is 8.54. The summed E-state index contributed by atoms with van der Waals surface area (Å²) in [7, 11) is -3.35. The van der Waals surface area contributed by atoms with Crippen molar-refractivity contribution >= 4 is 58.0 Å². The molecular weight excluding hydrogens is 416 g/mol. The predicted octanol–water partition coefficient (Wildman–Crippen LogP) is 2.55. The van der Waals surface area contributed by atoms with Crippen LogP contribution < -0.4 is 10.0 Å². The molecule has 140 valence electrons. The molecule has 0 spiro atoms. The fraction of sp³-hybridized carbons (Fsp3) is 0.571. The van der Waals surface area contributed by atoms with Crippen LogP contribution in [0.15, 0.2) is 18.2 Å². The maximum Gasteiger partial charge on any atom is 0.215 e. The fourth-order valence-electron chi connectivity index (χ4n) is 2.36. The summed E-state index contributed by atoms with van der Waals surface area (Å²) >= 11 is 11.7. The van der Waals surface area contributed by atoms with Gasteiger partial charge in [0.05, 0.1) is 15.8 Å². The van der Waals surface area contributed by atoms with Gasteiger partial charge in [-0.1, -0.05) is 29.3 Å². The van der Waals surface area contributed by atoms with Crippen LogP contribution in [0, 0.1) is 0 Å². The molecule has 0 amide bonds. The lowest BCUT2D eigenvalue weighted by atomic mass is 10.2. The molecule has 0 radical (unpaired) electrons. The van der Waals surface area contributed by atoms with Crippen molar-refractivity contribution in [3.63, 3.8) is 0 Å². The second-order valence-corrected chi connectivity index (χ2v) is 7.97. The van der Waals surface area contributed by atoms with E-state index < -0.39 is 10.0 Å². The topological polar surface area (TPSA) is 61.4 Å². The van der Waals surface area contributed by atoms with Gasteiger partial charge in [-0.05, 0) is 30.7 Å². The van der Waals surface area contributed by atoms with E-state index in [0.717, 1.165) is 39.1 Å². The molecule has 10 heteroatoms. The van der Waals surface area contributed by atoms with Crippen molar-refractivity contribution in [2.75, 3.05) is 39.3 Å². The quantitative estimate of drug-likeness (QED) is 0.642. The molecule has 1 aliphatic rings. The Hall–Kier alpha value is 0.210. The lowest BCUT2D eigenvalue weighted by Crippen LogP contribution is -2.44. The van der Waals surface area contributed by atoms with Crippen LogP contribution in [0.5, 0.6) is 0 Å². The Morgan fingerprint density at radius 2 is 1.79 bits per heavy atom. The van der Waals surface area contributed by atoms with Gasteiger partial charge >= 0.3 is 0 Å². The number of piperazine rings is 1. The highest BCUT2D eigenvalue weighted by Crippen LogP contribution is 2.23. The summed E-state index contributed by atoms with van der Waals surface area (Å²) in [6.07, 6.45) is 0.806. The number of halogens is 4. The Bertz CT molecular complexity index is 596. The molecule has 5 nitrogen and oxygen atoms in total. The second-order valence-electron chi connectivity index (χ2n) is 5.35. The number of nitrogens with one attached hydrogen (secondary N) is 2. The Balaban J connectivity index is 0.00000264. The third-order valence-corrected chi connectivity index (χ3v) is 5.62. The van der Waals surface area contributed by atoms with E-state index in [1.54, 1.807) is 18.2 Å². The smallest absolute Gasteiger partial charge is 0.215 e. The summed E-state index contributed by atoms with van der Waals surface area (Å²) in [5, 5.41) is 4.08. The average Bonchev–Trinajstić information content (AvgIpc) is 2.48. The molecule has 1 aromatic carbocycles. The zero-order chi connectivity index (χ0) is 16.0. The maximum absolute atomic E-state index is 12.0. The van der Waals surface area contributed by atoms with Gasteiger partial charge in [0.1, 0.15) is 0 Å². The minimum absolute atomic E-state index is 0. The SMILES string of the molecule is Cl.Cl.O=S(=O)(Cc1ccc(Cl)c(Cl)c1)NCCCN1CCNCC1. The van der Waals surface area contributed by atoms with E-state index in [2.05, 4.69) is 14.9 Å². The molecule has 1 saturated heterocycles. The Labute approximate surface area is 166 Å². The summed E-state index contributed by atoms with van der Waals surface area (Å²) < 4.78 is 26.7. The van der Waals surface area contributed by atoms with E-state index in [1.165, 1.54) is 0 Å². The summed E-state index contributed by atoms with van der Waals surface area (Å²) in [4.78, 5) is 2.34. The largest absolute Gasteiger partial charge is 0.314 e. The highest BCUT2D eigenvalue weighted by atomic mass is 35.5. The summed E-state index contributed by atoms with van der Waals surface area (Å²) in [5.41, 5.74) is 0.629. The van der Waals surface area contributed by atoms with Gasteiger partial charge in [-0.2, -0.15) is 0 Å². The van der Waals surface area contributed by atoms with Crippen molar-refractivity contribution in [2.24, 2.45) is 0 Å². The van der Waals surface area contributed by atoms with Gasteiger partial charge < -0.3 is 10.2 Å². The van der Waals surface area contributed by atoms with E-state index >= 15 is 0 Å². The molecule has 2 rings (SSSR count). The molecule has 0 unspecified atom stereocenters. The Kier molecular flexibility index (Phi) is 11.9. The van der Waals surface area contributed by atoms with Crippen molar-refractivity contribution in [1.29, 1.82) is 0 Å². The normalized spacial score (nSPS) is 15.4. The van der Waals surface area contributed by atoms with E-state index in [0.29, 0.717) is 22.2 Å². The van der Waals surface area contributed by atoms with Gasteiger partial charge in [-0.15, -0.1) is 24.8 Å². The Morgan fingerprint density at radius 1 is 1.12 bits per heavy atom. The fourth-order valence-corrected chi connectivity index (χ4v) is 3.86. The predicted molar refractivity (Wildman–Crippen MR) is 106 cm³/mol. The van der Waals surface area contributed by atoms with Crippen LogP contribution in [-0.2, 0) is 15.8 Å². The van der Waals surface area contributed by atoms with E-state index in [-0.39, 0.29) is 30.6 Å². The molecule has 1 aliphatic heterocycles. The first-order chi connectivity index (χ1) is 10.5. The van der Waals surface area contributed by atoms with Crippen LogP contribution in [0.3, 0.4) is 0 Å². The molecule has 0 aliphatic carbocycles. The zero-order valence-electron chi connectivity index (χ0n) is 13.1. The van der Waals surface area contributed by atoms with E-state index in [1.807, 2.05) is 0 Å². The number of nitrogens with zero attached hydrogens (tertiary/aromatic N) is 1. The molecule has 1 fully saturated rings. The second kappa shape index (κ2) is 11.8. The zero-order valence-corrected chi connectivity index (χ0v) is 17.1. The minimum atomic E-state index is -3.35. The van der Waals surface area contributed by atoms with Gasteiger partial charge in [0.15, 0.2) is 0 Å². The average molecular weight is 439 g/mol. The minimum Gasteiger partial charge on any atom is -0.314 e. The highest BCUT2D eigenvalue weighted by Gasteiger charge is 2.13. The first-order valence-corrected chi connectivity index (χ1v) is 9.71. The number of hydrogen-bond acceptors (Lipinski definition) is 4. The first-order valence-electron chi connectivity index (χ1n) is 7.31. The van der Waals surface area contributed by atoms with Crippen LogP contribution in [-0.4, -0.2) is 52.6 Å². The molecule has 1 heterocycles. The number of rotatable bonds is 7. The van der Waals surface area contributed by atoms with Gasteiger partial charge in [0.25, 0.3) is 0 Å². The standard InChI is InChI=1S/C14H21Cl2N3O2S.2ClH/c15-13-3-2-12(10-14(13)16)11-22(20,21)18-4-1-7-19-8-5-17-6-9-19;;/h2-3,10,17-18H,1,4-9,11H2;2*1H. The van der Waals surface area contributed by atoms with Gasteiger partial charge in [0.2, 0.25) is 10.0 Å². The lowest BCUT2D eigenvalue weighted by molar-refractivity contribution is 0.239. The van der Waals surface area contributed by atoms with E-state index in [9.17, 15) is 8.42 Å². The first kappa shape index (κ1) is 24.2. The molecular formula is C14H23Cl4N3O2S. The molecule has 1 aromatic rings. The number of sulfonamides is 1. The summed E-state index contributed by atoms with van der Waals surface area (Å²) in [6.45, 7) is 5.42. The van der Waals surface area contributed by atoms with Crippen molar-refractivity contribution in [3.05, 3.63) is 33.8 Å². The molecule has 0 atom stereocenters. The van der Waals surface area contributed by atoms with Gasteiger partial charge in [-0.25, -0.2) is 13.1 Å². The van der Waals surface area contributed by atoms with Gasteiger partial charge in [0, 0.05) is 32.7 Å². The Morgan fingerprint density at radius 3 is 2.42 bits per heavy atom.